The maximum atomic E-state index is 11.9. The summed E-state index contributed by atoms with van der Waals surface area (Å²) in [6, 6.07) is 14.5. The first-order valence-corrected chi connectivity index (χ1v) is 5.39. The Hall–Kier alpha value is -2.29. The molecule has 2 rings (SSSR count). The van der Waals surface area contributed by atoms with E-state index < -0.39 is 0 Å². The molecule has 2 aromatic carbocycles. The molecule has 0 aliphatic carbocycles. The standard InChI is InChI=1S/C14H14N2O/c1-10-3-2-4-11(9-10)14(17)16-13-7-5-12(15)6-8-13/h2-9H,15H2,1H3,(H,16,17). The zero-order valence-electron chi connectivity index (χ0n) is 9.60. The molecule has 0 fully saturated rings. The second kappa shape index (κ2) is 4.70. The minimum atomic E-state index is -0.113. The van der Waals surface area contributed by atoms with Crippen LogP contribution in [0.15, 0.2) is 48.5 Å². The van der Waals surface area contributed by atoms with Crippen molar-refractivity contribution in [3.8, 4) is 0 Å². The van der Waals surface area contributed by atoms with Crippen molar-refractivity contribution in [2.45, 2.75) is 6.92 Å². The number of rotatable bonds is 2. The highest BCUT2D eigenvalue weighted by Crippen LogP contribution is 2.12. The maximum Gasteiger partial charge on any atom is 0.255 e. The van der Waals surface area contributed by atoms with E-state index in [9.17, 15) is 4.79 Å². The number of amides is 1. The molecule has 0 aliphatic heterocycles. The molecular formula is C14H14N2O. The maximum absolute atomic E-state index is 11.9. The highest BCUT2D eigenvalue weighted by molar-refractivity contribution is 6.04. The predicted octanol–water partition coefficient (Wildman–Crippen LogP) is 2.83. The highest BCUT2D eigenvalue weighted by atomic mass is 16.1. The summed E-state index contributed by atoms with van der Waals surface area (Å²) in [7, 11) is 0. The van der Waals surface area contributed by atoms with Gasteiger partial charge in [-0.3, -0.25) is 4.79 Å². The van der Waals surface area contributed by atoms with Crippen LogP contribution in [-0.2, 0) is 0 Å². The molecule has 3 heteroatoms. The van der Waals surface area contributed by atoms with E-state index in [0.717, 1.165) is 11.3 Å². The van der Waals surface area contributed by atoms with Gasteiger partial charge >= 0.3 is 0 Å². The molecule has 0 aliphatic rings. The van der Waals surface area contributed by atoms with Crippen LogP contribution in [0.1, 0.15) is 15.9 Å². The average molecular weight is 226 g/mol. The van der Waals surface area contributed by atoms with Crippen LogP contribution in [-0.4, -0.2) is 5.91 Å². The van der Waals surface area contributed by atoms with Gasteiger partial charge in [0.2, 0.25) is 0 Å². The Balaban J connectivity index is 2.14. The number of nitrogens with two attached hydrogens (primary N) is 1. The molecule has 0 bridgehead atoms. The molecule has 0 radical (unpaired) electrons. The second-order valence-corrected chi connectivity index (χ2v) is 3.95. The third-order valence-electron chi connectivity index (χ3n) is 2.45. The number of nitrogens with one attached hydrogen (secondary N) is 1. The van der Waals surface area contributed by atoms with Crippen molar-refractivity contribution in [3.05, 3.63) is 59.7 Å². The summed E-state index contributed by atoms with van der Waals surface area (Å²) in [5.74, 6) is -0.113. The van der Waals surface area contributed by atoms with Crippen molar-refractivity contribution in [1.82, 2.24) is 0 Å². The fourth-order valence-corrected chi connectivity index (χ4v) is 1.56. The van der Waals surface area contributed by atoms with E-state index in [1.54, 1.807) is 30.3 Å². The normalized spacial score (nSPS) is 9.94. The minimum Gasteiger partial charge on any atom is -0.399 e. The topological polar surface area (TPSA) is 55.1 Å². The molecule has 0 saturated heterocycles. The Labute approximate surface area is 100 Å². The lowest BCUT2D eigenvalue weighted by Crippen LogP contribution is -2.11. The van der Waals surface area contributed by atoms with Gasteiger partial charge in [-0.2, -0.15) is 0 Å². The molecule has 86 valence electrons. The van der Waals surface area contributed by atoms with E-state index in [-0.39, 0.29) is 5.91 Å². The monoisotopic (exact) mass is 226 g/mol. The molecule has 2 aromatic rings. The van der Waals surface area contributed by atoms with E-state index in [4.69, 9.17) is 5.73 Å². The van der Waals surface area contributed by atoms with Gasteiger partial charge in [0.15, 0.2) is 0 Å². The van der Waals surface area contributed by atoms with Gasteiger partial charge in [-0.25, -0.2) is 0 Å². The number of carbonyl (C=O) groups is 1. The van der Waals surface area contributed by atoms with Gasteiger partial charge in [0.25, 0.3) is 5.91 Å². The zero-order valence-corrected chi connectivity index (χ0v) is 9.60. The van der Waals surface area contributed by atoms with Gasteiger partial charge in [0, 0.05) is 16.9 Å². The third-order valence-corrected chi connectivity index (χ3v) is 2.45. The van der Waals surface area contributed by atoms with Crippen molar-refractivity contribution in [2.24, 2.45) is 0 Å². The number of nitrogen functional groups attached to an aromatic ring is 1. The van der Waals surface area contributed by atoms with Crippen molar-refractivity contribution in [1.29, 1.82) is 0 Å². The Morgan fingerprint density at radius 1 is 1.12 bits per heavy atom. The summed E-state index contributed by atoms with van der Waals surface area (Å²) in [4.78, 5) is 11.9. The zero-order chi connectivity index (χ0) is 12.3. The lowest BCUT2D eigenvalue weighted by atomic mass is 10.1. The number of anilines is 2. The summed E-state index contributed by atoms with van der Waals surface area (Å²) < 4.78 is 0. The van der Waals surface area contributed by atoms with Gasteiger partial charge in [-0.05, 0) is 43.3 Å². The number of aryl methyl sites for hydroxylation is 1. The SMILES string of the molecule is Cc1cccc(C(=O)Nc2ccc(N)cc2)c1. The van der Waals surface area contributed by atoms with Crippen molar-refractivity contribution >= 4 is 17.3 Å². The average Bonchev–Trinajstić information content (AvgIpc) is 2.32. The van der Waals surface area contributed by atoms with E-state index in [1.807, 2.05) is 25.1 Å². The van der Waals surface area contributed by atoms with E-state index in [2.05, 4.69) is 5.32 Å². The van der Waals surface area contributed by atoms with E-state index in [1.165, 1.54) is 0 Å². The van der Waals surface area contributed by atoms with E-state index in [0.29, 0.717) is 11.3 Å². The van der Waals surface area contributed by atoms with Crippen LogP contribution in [0.25, 0.3) is 0 Å². The third kappa shape index (κ3) is 2.84. The quantitative estimate of drug-likeness (QED) is 0.773. The first kappa shape index (κ1) is 11.2. The Morgan fingerprint density at radius 3 is 2.47 bits per heavy atom. The number of hydrogen-bond acceptors (Lipinski definition) is 2. The number of carbonyl (C=O) groups excluding carboxylic acids is 1. The van der Waals surface area contributed by atoms with Gasteiger partial charge in [-0.15, -0.1) is 0 Å². The summed E-state index contributed by atoms with van der Waals surface area (Å²) in [6.45, 7) is 1.96. The van der Waals surface area contributed by atoms with Crippen molar-refractivity contribution in [3.63, 3.8) is 0 Å². The largest absolute Gasteiger partial charge is 0.399 e. The predicted molar refractivity (Wildman–Crippen MR) is 70.0 cm³/mol. The van der Waals surface area contributed by atoms with Crippen LogP contribution in [0.5, 0.6) is 0 Å². The molecule has 0 spiro atoms. The second-order valence-electron chi connectivity index (χ2n) is 3.95. The van der Waals surface area contributed by atoms with Gasteiger partial charge < -0.3 is 11.1 Å². The van der Waals surface area contributed by atoms with Crippen molar-refractivity contribution < 1.29 is 4.79 Å². The van der Waals surface area contributed by atoms with Crippen LogP contribution in [0, 0.1) is 6.92 Å². The molecule has 0 unspecified atom stereocenters. The van der Waals surface area contributed by atoms with Gasteiger partial charge in [0.05, 0.1) is 0 Å². The molecule has 1 amide bonds. The molecular weight excluding hydrogens is 212 g/mol. The highest BCUT2D eigenvalue weighted by Gasteiger charge is 2.05. The summed E-state index contributed by atoms with van der Waals surface area (Å²) in [6.07, 6.45) is 0. The van der Waals surface area contributed by atoms with Crippen LogP contribution in [0.2, 0.25) is 0 Å². The van der Waals surface area contributed by atoms with Gasteiger partial charge in [0.1, 0.15) is 0 Å². The lowest BCUT2D eigenvalue weighted by molar-refractivity contribution is 0.102. The number of hydrogen-bond donors (Lipinski definition) is 2. The molecule has 3 nitrogen and oxygen atoms in total. The Morgan fingerprint density at radius 2 is 1.82 bits per heavy atom. The van der Waals surface area contributed by atoms with Gasteiger partial charge in [-0.1, -0.05) is 17.7 Å². The molecule has 0 aromatic heterocycles. The fraction of sp³-hybridized carbons (Fsp3) is 0.0714. The summed E-state index contributed by atoms with van der Waals surface area (Å²) in [5.41, 5.74) is 8.72. The molecule has 3 N–H and O–H groups in total. The van der Waals surface area contributed by atoms with E-state index >= 15 is 0 Å². The molecule has 17 heavy (non-hydrogen) atoms. The van der Waals surface area contributed by atoms with Crippen LogP contribution in [0.3, 0.4) is 0 Å². The first-order chi connectivity index (χ1) is 8.15. The molecule has 0 heterocycles. The minimum absolute atomic E-state index is 0.113. The number of benzene rings is 2. The smallest absolute Gasteiger partial charge is 0.255 e. The Bertz CT molecular complexity index is 532. The first-order valence-electron chi connectivity index (χ1n) is 5.39. The molecule has 0 atom stereocenters. The Kier molecular flexibility index (Phi) is 3.10. The van der Waals surface area contributed by atoms with Crippen LogP contribution < -0.4 is 11.1 Å². The molecule has 0 saturated carbocycles. The van der Waals surface area contributed by atoms with Crippen LogP contribution >= 0.6 is 0 Å². The lowest BCUT2D eigenvalue weighted by Gasteiger charge is -2.06. The fourth-order valence-electron chi connectivity index (χ4n) is 1.56. The summed E-state index contributed by atoms with van der Waals surface area (Å²) >= 11 is 0. The van der Waals surface area contributed by atoms with Crippen LogP contribution in [0.4, 0.5) is 11.4 Å². The van der Waals surface area contributed by atoms with Crippen molar-refractivity contribution in [2.75, 3.05) is 11.1 Å². The summed E-state index contributed by atoms with van der Waals surface area (Å²) in [5, 5.41) is 2.82.